The first-order valence-electron chi connectivity index (χ1n) is 11.6. The van der Waals surface area contributed by atoms with E-state index < -0.39 is 0 Å². The molecule has 0 saturated carbocycles. The first kappa shape index (κ1) is 23.4. The van der Waals surface area contributed by atoms with Gasteiger partial charge in [-0.2, -0.15) is 0 Å². The Bertz CT molecular complexity index is 1140. The molecule has 1 unspecified atom stereocenters. The minimum atomic E-state index is -0.259. The first-order valence-corrected chi connectivity index (χ1v) is 11.6. The van der Waals surface area contributed by atoms with Gasteiger partial charge in [0.05, 0.1) is 5.92 Å². The van der Waals surface area contributed by atoms with E-state index in [4.69, 9.17) is 4.74 Å². The normalized spacial score (nSPS) is 15.6. The van der Waals surface area contributed by atoms with Gasteiger partial charge < -0.3 is 15.0 Å². The molecule has 0 aliphatic carbocycles. The van der Waals surface area contributed by atoms with Crippen molar-refractivity contribution in [3.8, 4) is 5.75 Å². The van der Waals surface area contributed by atoms with Crippen LogP contribution in [0.25, 0.3) is 0 Å². The lowest BCUT2D eigenvalue weighted by Gasteiger charge is -2.32. The van der Waals surface area contributed by atoms with E-state index in [0.717, 1.165) is 40.8 Å². The lowest BCUT2D eigenvalue weighted by atomic mass is 9.96. The second kappa shape index (κ2) is 10.5. The molecule has 4 rings (SSSR count). The van der Waals surface area contributed by atoms with Gasteiger partial charge in [-0.15, -0.1) is 0 Å². The van der Waals surface area contributed by atoms with Gasteiger partial charge in [0.2, 0.25) is 5.91 Å². The van der Waals surface area contributed by atoms with Crippen molar-refractivity contribution < 1.29 is 14.3 Å². The Hall–Kier alpha value is -3.74. The lowest BCUT2D eigenvalue weighted by Crippen LogP contribution is -2.43. The predicted molar refractivity (Wildman–Crippen MR) is 131 cm³/mol. The van der Waals surface area contributed by atoms with Gasteiger partial charge in [0.15, 0.2) is 0 Å². The molecule has 34 heavy (non-hydrogen) atoms. The molecule has 2 amide bonds. The van der Waals surface area contributed by atoms with Gasteiger partial charge in [0.25, 0.3) is 5.91 Å². The highest BCUT2D eigenvalue weighted by Crippen LogP contribution is 2.28. The summed E-state index contributed by atoms with van der Waals surface area (Å²) in [4.78, 5) is 36.2. The zero-order valence-electron chi connectivity index (χ0n) is 19.9. The summed E-state index contributed by atoms with van der Waals surface area (Å²) in [6, 6.07) is 11.3. The van der Waals surface area contributed by atoms with Crippen molar-refractivity contribution in [1.82, 2.24) is 14.9 Å². The fourth-order valence-electron chi connectivity index (χ4n) is 4.27. The number of hydrogen-bond acceptors (Lipinski definition) is 5. The molecular weight excluding hydrogens is 428 g/mol. The quantitative estimate of drug-likeness (QED) is 0.589. The number of nitrogens with zero attached hydrogens (tertiary/aromatic N) is 3. The van der Waals surface area contributed by atoms with Crippen LogP contribution in [0, 0.1) is 26.7 Å². The summed E-state index contributed by atoms with van der Waals surface area (Å²) in [7, 11) is 0. The maximum atomic E-state index is 13.3. The first-order chi connectivity index (χ1) is 16.4. The second-order valence-electron chi connectivity index (χ2n) is 8.89. The molecule has 7 nitrogen and oxygen atoms in total. The predicted octanol–water partition coefficient (Wildman–Crippen LogP) is 4.47. The van der Waals surface area contributed by atoms with Crippen LogP contribution < -0.4 is 10.1 Å². The summed E-state index contributed by atoms with van der Waals surface area (Å²) in [5.41, 5.74) is 4.45. The minimum absolute atomic E-state index is 0.0593. The van der Waals surface area contributed by atoms with Crippen molar-refractivity contribution in [2.24, 2.45) is 5.92 Å². The van der Waals surface area contributed by atoms with Crippen LogP contribution in [0.3, 0.4) is 0 Å². The number of ether oxygens (including phenoxy) is 1. The van der Waals surface area contributed by atoms with Crippen LogP contribution in [-0.4, -0.2) is 39.8 Å². The van der Waals surface area contributed by atoms with E-state index in [1.54, 1.807) is 29.6 Å². The van der Waals surface area contributed by atoms with Crippen LogP contribution in [0.1, 0.15) is 45.5 Å². The minimum Gasteiger partial charge on any atom is -0.488 e. The fourth-order valence-corrected chi connectivity index (χ4v) is 4.27. The van der Waals surface area contributed by atoms with E-state index in [2.05, 4.69) is 15.3 Å². The Morgan fingerprint density at radius 3 is 2.59 bits per heavy atom. The molecule has 3 heterocycles. The summed E-state index contributed by atoms with van der Waals surface area (Å²) in [6.07, 6.45) is 6.77. The topological polar surface area (TPSA) is 84.4 Å². The van der Waals surface area contributed by atoms with E-state index in [1.807, 2.05) is 51.1 Å². The Kier molecular flexibility index (Phi) is 7.21. The number of aryl methyl sites for hydroxylation is 3. The Balaban J connectivity index is 1.41. The highest BCUT2D eigenvalue weighted by Gasteiger charge is 2.29. The smallest absolute Gasteiger partial charge is 0.253 e. The molecule has 1 saturated heterocycles. The Morgan fingerprint density at radius 2 is 1.91 bits per heavy atom. The highest BCUT2D eigenvalue weighted by atomic mass is 16.5. The van der Waals surface area contributed by atoms with Crippen molar-refractivity contribution in [2.45, 2.75) is 40.2 Å². The molecule has 2 aromatic heterocycles. The molecule has 1 aliphatic heterocycles. The molecule has 0 spiro atoms. The van der Waals surface area contributed by atoms with E-state index in [-0.39, 0.29) is 17.7 Å². The molecule has 1 atom stereocenters. The standard InChI is InChI=1S/C27H30N4O3/c1-18-8-9-24(29-14-18)30-26(32)22-7-5-11-31(16-22)27(33)23-12-19(2)25(20(3)13-23)34-17-21-6-4-10-28-15-21/h4,6,8-10,12-15,22H,5,7,11,16-17H2,1-3H3,(H,29,30,32). The number of amides is 2. The highest BCUT2D eigenvalue weighted by molar-refractivity contribution is 5.96. The molecule has 1 N–H and O–H groups in total. The zero-order chi connectivity index (χ0) is 24.1. The number of anilines is 1. The van der Waals surface area contributed by atoms with Crippen LogP contribution >= 0.6 is 0 Å². The second-order valence-corrected chi connectivity index (χ2v) is 8.89. The fraction of sp³-hybridized carbons (Fsp3) is 0.333. The van der Waals surface area contributed by atoms with Crippen molar-refractivity contribution in [3.63, 3.8) is 0 Å². The molecule has 7 heteroatoms. The average molecular weight is 459 g/mol. The molecule has 1 fully saturated rings. The van der Waals surface area contributed by atoms with Gasteiger partial charge in [-0.3, -0.25) is 14.6 Å². The van der Waals surface area contributed by atoms with E-state index in [1.165, 1.54) is 0 Å². The SMILES string of the molecule is Cc1ccc(NC(=O)C2CCCN(C(=O)c3cc(C)c(OCc4cccnc4)c(C)c3)C2)nc1. The number of benzene rings is 1. The van der Waals surface area contributed by atoms with Crippen LogP contribution in [-0.2, 0) is 11.4 Å². The van der Waals surface area contributed by atoms with E-state index >= 15 is 0 Å². The molecule has 0 bridgehead atoms. The molecule has 3 aromatic rings. The number of aromatic nitrogens is 2. The van der Waals surface area contributed by atoms with Gasteiger partial charge in [0.1, 0.15) is 18.2 Å². The molecule has 0 radical (unpaired) electrons. The van der Waals surface area contributed by atoms with Gasteiger partial charge >= 0.3 is 0 Å². The van der Waals surface area contributed by atoms with Crippen molar-refractivity contribution in [3.05, 3.63) is 82.8 Å². The molecular formula is C27H30N4O3. The number of piperidine rings is 1. The largest absolute Gasteiger partial charge is 0.488 e. The van der Waals surface area contributed by atoms with Gasteiger partial charge in [-0.25, -0.2) is 4.98 Å². The van der Waals surface area contributed by atoms with Crippen LogP contribution in [0.5, 0.6) is 5.75 Å². The Morgan fingerprint density at radius 1 is 1.12 bits per heavy atom. The summed E-state index contributed by atoms with van der Waals surface area (Å²) >= 11 is 0. The number of likely N-dealkylation sites (tertiary alicyclic amines) is 1. The molecule has 1 aromatic carbocycles. The molecule has 176 valence electrons. The number of carbonyl (C=O) groups is 2. The van der Waals surface area contributed by atoms with Gasteiger partial charge in [0, 0.05) is 42.8 Å². The van der Waals surface area contributed by atoms with Crippen LogP contribution in [0.15, 0.2) is 55.0 Å². The summed E-state index contributed by atoms with van der Waals surface area (Å²) in [5, 5.41) is 2.88. The maximum Gasteiger partial charge on any atom is 0.253 e. The zero-order valence-corrected chi connectivity index (χ0v) is 19.9. The number of carbonyl (C=O) groups excluding carboxylic acids is 2. The Labute approximate surface area is 200 Å². The van der Waals surface area contributed by atoms with Crippen molar-refractivity contribution >= 4 is 17.6 Å². The number of hydrogen-bond donors (Lipinski definition) is 1. The lowest BCUT2D eigenvalue weighted by molar-refractivity contribution is -0.121. The van der Waals surface area contributed by atoms with Crippen LogP contribution in [0.2, 0.25) is 0 Å². The van der Waals surface area contributed by atoms with Crippen molar-refractivity contribution in [1.29, 1.82) is 0 Å². The van der Waals surface area contributed by atoms with E-state index in [9.17, 15) is 9.59 Å². The van der Waals surface area contributed by atoms with E-state index in [0.29, 0.717) is 31.1 Å². The summed E-state index contributed by atoms with van der Waals surface area (Å²) in [5.74, 6) is 0.899. The van der Waals surface area contributed by atoms with Crippen LogP contribution in [0.4, 0.5) is 5.82 Å². The number of pyridine rings is 2. The summed E-state index contributed by atoms with van der Waals surface area (Å²) < 4.78 is 6.02. The number of nitrogens with one attached hydrogen (secondary N) is 1. The third-order valence-corrected chi connectivity index (χ3v) is 6.06. The third kappa shape index (κ3) is 5.60. The monoisotopic (exact) mass is 458 g/mol. The summed E-state index contributed by atoms with van der Waals surface area (Å²) in [6.45, 7) is 7.30. The maximum absolute atomic E-state index is 13.3. The average Bonchev–Trinajstić information content (AvgIpc) is 2.85. The third-order valence-electron chi connectivity index (χ3n) is 6.06. The number of rotatable bonds is 6. The van der Waals surface area contributed by atoms with Gasteiger partial charge in [-0.05, 0) is 74.6 Å². The molecule has 1 aliphatic rings. The van der Waals surface area contributed by atoms with Crippen molar-refractivity contribution in [2.75, 3.05) is 18.4 Å². The van der Waals surface area contributed by atoms with Gasteiger partial charge in [-0.1, -0.05) is 12.1 Å².